The van der Waals surface area contributed by atoms with Crippen molar-refractivity contribution in [3.63, 3.8) is 0 Å². The van der Waals surface area contributed by atoms with Crippen molar-refractivity contribution in [1.82, 2.24) is 5.32 Å². The van der Waals surface area contributed by atoms with E-state index in [4.69, 9.17) is 4.74 Å². The number of rotatable bonds is 5. The monoisotopic (exact) mass is 338 g/mol. The average Bonchev–Trinajstić information content (AvgIpc) is 2.67. The number of fused-ring (bicyclic) bond motifs is 1. The zero-order valence-corrected chi connectivity index (χ0v) is 14.3. The van der Waals surface area contributed by atoms with Gasteiger partial charge in [-0.25, -0.2) is 0 Å². The van der Waals surface area contributed by atoms with Crippen LogP contribution >= 0.6 is 0 Å². The predicted octanol–water partition coefficient (Wildman–Crippen LogP) is 2.66. The highest BCUT2D eigenvalue weighted by molar-refractivity contribution is 6.07. The number of aryl methyl sites for hydroxylation is 1. The molecule has 2 aromatic rings. The smallest absolute Gasteiger partial charge is 0.258 e. The minimum absolute atomic E-state index is 0.0292. The van der Waals surface area contributed by atoms with Gasteiger partial charge in [0.05, 0.1) is 6.61 Å². The van der Waals surface area contributed by atoms with Crippen LogP contribution in [0, 0.1) is 0 Å². The second-order valence-corrected chi connectivity index (χ2v) is 6.02. The molecule has 0 fully saturated rings. The van der Waals surface area contributed by atoms with E-state index >= 15 is 0 Å². The lowest BCUT2D eigenvalue weighted by Crippen LogP contribution is -2.35. The minimum atomic E-state index is -0.167. The summed E-state index contributed by atoms with van der Waals surface area (Å²) in [6, 6.07) is 14.8. The Labute approximate surface area is 147 Å². The highest BCUT2D eigenvalue weighted by atomic mass is 16.5. The van der Waals surface area contributed by atoms with Crippen LogP contribution in [0.15, 0.2) is 48.5 Å². The standard InChI is InChI=1S/C20H22N2O3/c1-25-14-12-21-19(23)16-8-10-17(11-9-16)20(24)22-13-4-6-15-5-2-3-7-18(15)22/h2-3,5,7-11H,4,6,12-14H2,1H3,(H,21,23). The number of nitrogens with zero attached hydrogens (tertiary/aromatic N) is 1. The molecule has 5 heteroatoms. The summed E-state index contributed by atoms with van der Waals surface area (Å²) in [7, 11) is 1.59. The van der Waals surface area contributed by atoms with E-state index in [0.717, 1.165) is 25.1 Å². The molecule has 130 valence electrons. The van der Waals surface area contributed by atoms with Crippen LogP contribution in [0.4, 0.5) is 5.69 Å². The molecule has 0 spiro atoms. The van der Waals surface area contributed by atoms with Crippen molar-refractivity contribution in [2.45, 2.75) is 12.8 Å². The molecule has 2 aromatic carbocycles. The summed E-state index contributed by atoms with van der Waals surface area (Å²) >= 11 is 0. The van der Waals surface area contributed by atoms with Crippen molar-refractivity contribution in [1.29, 1.82) is 0 Å². The lowest BCUT2D eigenvalue weighted by Gasteiger charge is -2.29. The largest absolute Gasteiger partial charge is 0.383 e. The van der Waals surface area contributed by atoms with Crippen LogP contribution in [0.2, 0.25) is 0 Å². The molecular formula is C20H22N2O3. The lowest BCUT2D eigenvalue weighted by molar-refractivity contribution is 0.0934. The molecule has 0 saturated carbocycles. The van der Waals surface area contributed by atoms with Gasteiger partial charge in [0, 0.05) is 37.0 Å². The maximum atomic E-state index is 12.9. The van der Waals surface area contributed by atoms with Gasteiger partial charge < -0.3 is 15.0 Å². The summed E-state index contributed by atoms with van der Waals surface area (Å²) in [4.78, 5) is 26.7. The molecule has 1 aliphatic rings. The summed E-state index contributed by atoms with van der Waals surface area (Å²) < 4.78 is 4.91. The predicted molar refractivity (Wildman–Crippen MR) is 97.1 cm³/mol. The second kappa shape index (κ2) is 7.94. The molecule has 0 atom stereocenters. The Bertz CT molecular complexity index is 756. The van der Waals surface area contributed by atoms with Crippen molar-refractivity contribution < 1.29 is 14.3 Å². The van der Waals surface area contributed by atoms with E-state index in [0.29, 0.717) is 24.3 Å². The van der Waals surface area contributed by atoms with Gasteiger partial charge in [-0.1, -0.05) is 18.2 Å². The van der Waals surface area contributed by atoms with E-state index in [9.17, 15) is 9.59 Å². The summed E-state index contributed by atoms with van der Waals surface area (Å²) in [5.74, 6) is -0.196. The minimum Gasteiger partial charge on any atom is -0.383 e. The molecule has 0 saturated heterocycles. The van der Waals surface area contributed by atoms with Gasteiger partial charge >= 0.3 is 0 Å². The summed E-state index contributed by atoms with van der Waals surface area (Å²) in [6.45, 7) is 1.65. The highest BCUT2D eigenvalue weighted by Crippen LogP contribution is 2.28. The Hall–Kier alpha value is -2.66. The third kappa shape index (κ3) is 3.88. The Morgan fingerprint density at radius 1 is 1.08 bits per heavy atom. The number of para-hydroxylation sites is 1. The van der Waals surface area contributed by atoms with Crippen molar-refractivity contribution >= 4 is 17.5 Å². The Morgan fingerprint density at radius 2 is 1.80 bits per heavy atom. The fourth-order valence-corrected chi connectivity index (χ4v) is 3.03. The van der Waals surface area contributed by atoms with E-state index in [1.807, 2.05) is 23.1 Å². The fraction of sp³-hybridized carbons (Fsp3) is 0.300. The maximum Gasteiger partial charge on any atom is 0.258 e. The fourth-order valence-electron chi connectivity index (χ4n) is 3.03. The summed E-state index contributed by atoms with van der Waals surface area (Å²) in [6.07, 6.45) is 1.96. The highest BCUT2D eigenvalue weighted by Gasteiger charge is 2.23. The van der Waals surface area contributed by atoms with Gasteiger partial charge in [-0.05, 0) is 48.7 Å². The van der Waals surface area contributed by atoms with Crippen molar-refractivity contribution in [3.8, 4) is 0 Å². The normalized spacial score (nSPS) is 13.2. The number of ether oxygens (including phenoxy) is 1. The SMILES string of the molecule is COCCNC(=O)c1ccc(C(=O)N2CCCc3ccccc32)cc1. The van der Waals surface area contributed by atoms with Crippen LogP contribution < -0.4 is 10.2 Å². The third-order valence-corrected chi connectivity index (χ3v) is 4.34. The van der Waals surface area contributed by atoms with Gasteiger partial charge in [0.15, 0.2) is 0 Å². The second-order valence-electron chi connectivity index (χ2n) is 6.02. The van der Waals surface area contributed by atoms with E-state index in [-0.39, 0.29) is 11.8 Å². The molecule has 0 bridgehead atoms. The summed E-state index contributed by atoms with van der Waals surface area (Å²) in [5, 5.41) is 2.77. The number of anilines is 1. The van der Waals surface area contributed by atoms with Gasteiger partial charge in [-0.2, -0.15) is 0 Å². The number of amides is 2. The number of carbonyl (C=O) groups excluding carboxylic acids is 2. The number of benzene rings is 2. The van der Waals surface area contributed by atoms with Gasteiger partial charge in [0.1, 0.15) is 0 Å². The molecule has 0 radical (unpaired) electrons. The molecule has 1 N–H and O–H groups in total. The Kier molecular flexibility index (Phi) is 5.46. The molecule has 0 unspecified atom stereocenters. The molecular weight excluding hydrogens is 316 g/mol. The average molecular weight is 338 g/mol. The molecule has 0 aliphatic carbocycles. The molecule has 1 aliphatic heterocycles. The number of hydrogen-bond donors (Lipinski definition) is 1. The van der Waals surface area contributed by atoms with Gasteiger partial charge in [0.25, 0.3) is 11.8 Å². The number of methoxy groups -OCH3 is 1. The van der Waals surface area contributed by atoms with Crippen LogP contribution in [0.3, 0.4) is 0 Å². The first-order valence-corrected chi connectivity index (χ1v) is 8.47. The lowest BCUT2D eigenvalue weighted by atomic mass is 10.0. The number of nitrogens with one attached hydrogen (secondary N) is 1. The van der Waals surface area contributed by atoms with Crippen LogP contribution in [0.25, 0.3) is 0 Å². The molecule has 2 amide bonds. The van der Waals surface area contributed by atoms with Gasteiger partial charge in [0.2, 0.25) is 0 Å². The zero-order valence-electron chi connectivity index (χ0n) is 14.3. The maximum absolute atomic E-state index is 12.9. The van der Waals surface area contributed by atoms with Gasteiger partial charge in [-0.3, -0.25) is 9.59 Å². The quantitative estimate of drug-likeness (QED) is 0.853. The first-order valence-electron chi connectivity index (χ1n) is 8.47. The van der Waals surface area contributed by atoms with E-state index in [2.05, 4.69) is 11.4 Å². The molecule has 5 nitrogen and oxygen atoms in total. The summed E-state index contributed by atoms with van der Waals surface area (Å²) in [5.41, 5.74) is 3.31. The molecule has 0 aromatic heterocycles. The topological polar surface area (TPSA) is 58.6 Å². The van der Waals surface area contributed by atoms with E-state index in [1.165, 1.54) is 5.56 Å². The zero-order chi connectivity index (χ0) is 17.6. The van der Waals surface area contributed by atoms with Crippen LogP contribution in [0.1, 0.15) is 32.7 Å². The van der Waals surface area contributed by atoms with Gasteiger partial charge in [-0.15, -0.1) is 0 Å². The molecule has 25 heavy (non-hydrogen) atoms. The van der Waals surface area contributed by atoms with Crippen molar-refractivity contribution in [2.24, 2.45) is 0 Å². The van der Waals surface area contributed by atoms with Crippen molar-refractivity contribution in [2.75, 3.05) is 31.7 Å². The molecule has 3 rings (SSSR count). The Morgan fingerprint density at radius 3 is 2.56 bits per heavy atom. The third-order valence-electron chi connectivity index (χ3n) is 4.34. The van der Waals surface area contributed by atoms with Crippen LogP contribution in [-0.2, 0) is 11.2 Å². The number of hydrogen-bond acceptors (Lipinski definition) is 3. The van der Waals surface area contributed by atoms with E-state index in [1.54, 1.807) is 31.4 Å². The first kappa shape index (κ1) is 17.2. The first-order chi connectivity index (χ1) is 12.2. The number of carbonyl (C=O) groups is 2. The Balaban J connectivity index is 1.73. The van der Waals surface area contributed by atoms with Crippen LogP contribution in [-0.4, -0.2) is 38.6 Å². The van der Waals surface area contributed by atoms with Crippen molar-refractivity contribution in [3.05, 3.63) is 65.2 Å². The van der Waals surface area contributed by atoms with E-state index < -0.39 is 0 Å². The van der Waals surface area contributed by atoms with Crippen LogP contribution in [0.5, 0.6) is 0 Å². The molecule has 1 heterocycles.